The number of sulfone groups is 1. The molecule has 0 spiro atoms. The molecule has 2 saturated heterocycles. The molecule has 2 aliphatic rings. The Balaban J connectivity index is 1.80. The lowest BCUT2D eigenvalue weighted by atomic mass is 10.1. The van der Waals surface area contributed by atoms with Crippen molar-refractivity contribution in [3.05, 3.63) is 0 Å². The first-order chi connectivity index (χ1) is 12.2. The number of guanidine groups is 1. The van der Waals surface area contributed by atoms with Gasteiger partial charge in [0.25, 0.3) is 0 Å². The van der Waals surface area contributed by atoms with Gasteiger partial charge in [-0.25, -0.2) is 8.42 Å². The highest BCUT2D eigenvalue weighted by molar-refractivity contribution is 7.92. The maximum Gasteiger partial charge on any atom is 0.193 e. The topological polar surface area (TPSA) is 68.2 Å². The number of piperazine rings is 1. The standard InChI is InChI=1S/C18H37N5O2S/c1-6-21-7-9-22(10-8-21)14-16(2)13-20-17(19-5)23-11-12-26(24,25)18(3,4)15-23/h16H,6-15H2,1-5H3,(H,19,20). The Morgan fingerprint density at radius 2 is 1.77 bits per heavy atom. The Kier molecular flexibility index (Phi) is 7.33. The van der Waals surface area contributed by atoms with Crippen molar-refractivity contribution in [2.75, 3.05) is 71.7 Å². The van der Waals surface area contributed by atoms with Gasteiger partial charge in [-0.1, -0.05) is 13.8 Å². The third-order valence-corrected chi connectivity index (χ3v) is 8.18. The molecule has 7 nitrogen and oxygen atoms in total. The lowest BCUT2D eigenvalue weighted by Gasteiger charge is -2.39. The predicted molar refractivity (Wildman–Crippen MR) is 109 cm³/mol. The molecule has 8 heteroatoms. The molecule has 1 N–H and O–H groups in total. The van der Waals surface area contributed by atoms with E-state index in [9.17, 15) is 8.42 Å². The molecular weight excluding hydrogens is 350 g/mol. The lowest BCUT2D eigenvalue weighted by molar-refractivity contribution is 0.124. The quantitative estimate of drug-likeness (QED) is 0.542. The summed E-state index contributed by atoms with van der Waals surface area (Å²) in [6.07, 6.45) is 0. The molecule has 1 unspecified atom stereocenters. The van der Waals surface area contributed by atoms with Crippen molar-refractivity contribution in [1.82, 2.24) is 20.0 Å². The minimum atomic E-state index is -3.03. The molecule has 1 atom stereocenters. The second-order valence-corrected chi connectivity index (χ2v) is 11.0. The molecule has 0 aromatic rings. The van der Waals surface area contributed by atoms with Gasteiger partial charge in [0.05, 0.1) is 10.5 Å². The fourth-order valence-corrected chi connectivity index (χ4v) is 5.08. The van der Waals surface area contributed by atoms with E-state index in [4.69, 9.17) is 0 Å². The number of rotatable bonds is 5. The van der Waals surface area contributed by atoms with Crippen molar-refractivity contribution in [2.45, 2.75) is 32.4 Å². The molecule has 2 fully saturated rings. The van der Waals surface area contributed by atoms with E-state index >= 15 is 0 Å². The van der Waals surface area contributed by atoms with Crippen LogP contribution in [0.15, 0.2) is 4.99 Å². The van der Waals surface area contributed by atoms with Crippen LogP contribution in [0, 0.1) is 5.92 Å². The van der Waals surface area contributed by atoms with Gasteiger partial charge < -0.3 is 20.0 Å². The number of likely N-dealkylation sites (N-methyl/N-ethyl adjacent to an activating group) is 1. The lowest BCUT2D eigenvalue weighted by Crippen LogP contribution is -2.57. The van der Waals surface area contributed by atoms with Gasteiger partial charge in [-0.3, -0.25) is 4.99 Å². The minimum absolute atomic E-state index is 0.192. The second-order valence-electron chi connectivity index (χ2n) is 8.27. The second kappa shape index (κ2) is 8.89. The minimum Gasteiger partial charge on any atom is -0.356 e. The van der Waals surface area contributed by atoms with Crippen molar-refractivity contribution >= 4 is 15.8 Å². The van der Waals surface area contributed by atoms with Crippen molar-refractivity contribution in [2.24, 2.45) is 10.9 Å². The first-order valence-electron chi connectivity index (χ1n) is 9.81. The number of hydrogen-bond donors (Lipinski definition) is 1. The van der Waals surface area contributed by atoms with E-state index < -0.39 is 14.6 Å². The van der Waals surface area contributed by atoms with Gasteiger partial charge in [-0.2, -0.15) is 0 Å². The Morgan fingerprint density at radius 1 is 1.15 bits per heavy atom. The van der Waals surface area contributed by atoms with Gasteiger partial charge in [0.15, 0.2) is 15.8 Å². The molecule has 0 amide bonds. The van der Waals surface area contributed by atoms with Gasteiger partial charge >= 0.3 is 0 Å². The predicted octanol–water partition coefficient (Wildman–Crippen LogP) is 0.344. The fourth-order valence-electron chi connectivity index (χ4n) is 3.72. The summed E-state index contributed by atoms with van der Waals surface area (Å²) in [5.74, 6) is 1.52. The SMILES string of the molecule is CCN1CCN(CC(C)CNC(=NC)N2CCS(=O)(=O)C(C)(C)C2)CC1. The molecule has 0 radical (unpaired) electrons. The van der Waals surface area contributed by atoms with Crippen LogP contribution in [-0.2, 0) is 9.84 Å². The van der Waals surface area contributed by atoms with Crippen LogP contribution in [0.1, 0.15) is 27.7 Å². The van der Waals surface area contributed by atoms with E-state index in [1.807, 2.05) is 0 Å². The maximum absolute atomic E-state index is 12.2. The van der Waals surface area contributed by atoms with Gasteiger partial charge in [0.2, 0.25) is 0 Å². The van der Waals surface area contributed by atoms with Crippen LogP contribution in [0.25, 0.3) is 0 Å². The van der Waals surface area contributed by atoms with Crippen molar-refractivity contribution in [3.8, 4) is 0 Å². The number of aliphatic imine (C=N–C) groups is 1. The van der Waals surface area contributed by atoms with Gasteiger partial charge in [-0.05, 0) is 26.3 Å². The normalized spacial score (nSPS) is 25.9. The molecular formula is C18H37N5O2S. The largest absolute Gasteiger partial charge is 0.356 e. The molecule has 152 valence electrons. The summed E-state index contributed by atoms with van der Waals surface area (Å²) in [5, 5.41) is 3.46. The molecule has 0 aliphatic carbocycles. The maximum atomic E-state index is 12.2. The average molecular weight is 388 g/mol. The van der Waals surface area contributed by atoms with Crippen LogP contribution in [0.2, 0.25) is 0 Å². The van der Waals surface area contributed by atoms with Crippen LogP contribution < -0.4 is 5.32 Å². The summed E-state index contributed by atoms with van der Waals surface area (Å²) >= 11 is 0. The third kappa shape index (κ3) is 5.33. The molecule has 2 heterocycles. The Bertz CT molecular complexity index is 582. The molecule has 0 aromatic heterocycles. The average Bonchev–Trinajstić information content (AvgIpc) is 2.59. The Hall–Kier alpha value is -0.860. The van der Waals surface area contributed by atoms with Crippen molar-refractivity contribution in [1.29, 1.82) is 0 Å². The highest BCUT2D eigenvalue weighted by Crippen LogP contribution is 2.23. The van der Waals surface area contributed by atoms with Crippen LogP contribution in [0.4, 0.5) is 0 Å². The van der Waals surface area contributed by atoms with E-state index in [1.54, 1.807) is 20.9 Å². The molecule has 2 rings (SSSR count). The van der Waals surface area contributed by atoms with Gasteiger partial charge in [-0.15, -0.1) is 0 Å². The van der Waals surface area contributed by atoms with Crippen LogP contribution in [0.5, 0.6) is 0 Å². The summed E-state index contributed by atoms with van der Waals surface area (Å²) in [6, 6.07) is 0. The summed E-state index contributed by atoms with van der Waals surface area (Å²) in [5.41, 5.74) is 0. The Morgan fingerprint density at radius 3 is 2.31 bits per heavy atom. The zero-order valence-corrected chi connectivity index (χ0v) is 18.0. The van der Waals surface area contributed by atoms with E-state index in [1.165, 1.54) is 0 Å². The number of nitrogens with one attached hydrogen (secondary N) is 1. The molecule has 26 heavy (non-hydrogen) atoms. The first-order valence-corrected chi connectivity index (χ1v) is 11.5. The number of hydrogen-bond acceptors (Lipinski definition) is 5. The zero-order valence-electron chi connectivity index (χ0n) is 17.2. The Labute approximate surface area is 159 Å². The van der Waals surface area contributed by atoms with Crippen LogP contribution >= 0.6 is 0 Å². The number of nitrogens with zero attached hydrogens (tertiary/aromatic N) is 4. The first kappa shape index (κ1) is 21.4. The van der Waals surface area contributed by atoms with Crippen molar-refractivity contribution in [3.63, 3.8) is 0 Å². The van der Waals surface area contributed by atoms with E-state index in [0.29, 0.717) is 19.0 Å². The molecule has 2 aliphatic heterocycles. The fraction of sp³-hybridized carbons (Fsp3) is 0.944. The smallest absolute Gasteiger partial charge is 0.193 e. The van der Waals surface area contributed by atoms with Gasteiger partial charge in [0.1, 0.15) is 0 Å². The van der Waals surface area contributed by atoms with E-state index in [0.717, 1.165) is 51.8 Å². The summed E-state index contributed by atoms with van der Waals surface area (Å²) in [6.45, 7) is 16.8. The van der Waals surface area contributed by atoms with Crippen molar-refractivity contribution < 1.29 is 8.42 Å². The monoisotopic (exact) mass is 387 g/mol. The molecule has 0 bridgehead atoms. The third-order valence-electron chi connectivity index (χ3n) is 5.65. The summed E-state index contributed by atoms with van der Waals surface area (Å²) in [4.78, 5) is 11.5. The highest BCUT2D eigenvalue weighted by Gasteiger charge is 2.41. The van der Waals surface area contributed by atoms with E-state index in [2.05, 4.69) is 38.9 Å². The molecule has 0 saturated carbocycles. The van der Waals surface area contributed by atoms with Crippen LogP contribution in [-0.4, -0.2) is 106 Å². The molecule has 0 aromatic carbocycles. The van der Waals surface area contributed by atoms with E-state index in [-0.39, 0.29) is 5.75 Å². The van der Waals surface area contributed by atoms with Crippen LogP contribution in [0.3, 0.4) is 0 Å². The highest BCUT2D eigenvalue weighted by atomic mass is 32.2. The summed E-state index contributed by atoms with van der Waals surface area (Å²) < 4.78 is 23.7. The summed E-state index contributed by atoms with van der Waals surface area (Å²) in [7, 11) is -1.26. The zero-order chi connectivity index (χ0) is 19.4. The van der Waals surface area contributed by atoms with Gasteiger partial charge in [0, 0.05) is 59.4 Å².